The number of hydrogen-bond donors (Lipinski definition) is 1. The van der Waals surface area contributed by atoms with E-state index in [4.69, 9.17) is 5.11 Å². The molecular formula is C17H30O2. The lowest BCUT2D eigenvalue weighted by Gasteiger charge is -2.41. The second-order valence-corrected chi connectivity index (χ2v) is 7.06. The quantitative estimate of drug-likeness (QED) is 0.798. The van der Waals surface area contributed by atoms with E-state index in [1.54, 1.807) is 0 Å². The van der Waals surface area contributed by atoms with Crippen LogP contribution in [-0.2, 0) is 4.79 Å². The summed E-state index contributed by atoms with van der Waals surface area (Å²) in [6.45, 7) is 4.74. The first-order valence-electron chi connectivity index (χ1n) is 8.34. The molecule has 2 aliphatic carbocycles. The normalized spacial score (nSPS) is 40.0. The first kappa shape index (κ1) is 14.9. The summed E-state index contributed by atoms with van der Waals surface area (Å²) in [5.74, 6) is 2.89. The Kier molecular flexibility index (Phi) is 5.29. The van der Waals surface area contributed by atoms with Crippen LogP contribution in [0.3, 0.4) is 0 Å². The van der Waals surface area contributed by atoms with E-state index in [0.717, 1.165) is 49.4 Å². The molecule has 0 aromatic rings. The molecule has 0 amide bonds. The first-order valence-corrected chi connectivity index (χ1v) is 8.34. The van der Waals surface area contributed by atoms with Gasteiger partial charge in [-0.15, -0.1) is 0 Å². The summed E-state index contributed by atoms with van der Waals surface area (Å²) in [5, 5.41) is 9.08. The van der Waals surface area contributed by atoms with E-state index in [1.807, 2.05) is 0 Å². The van der Waals surface area contributed by atoms with Gasteiger partial charge in [0, 0.05) is 0 Å². The van der Waals surface area contributed by atoms with E-state index in [2.05, 4.69) is 13.8 Å². The number of carboxylic acid groups (broad SMARTS) is 1. The van der Waals surface area contributed by atoms with Gasteiger partial charge in [0.1, 0.15) is 0 Å². The van der Waals surface area contributed by atoms with Gasteiger partial charge in [0.2, 0.25) is 0 Å². The molecule has 0 heterocycles. The topological polar surface area (TPSA) is 37.3 Å². The van der Waals surface area contributed by atoms with Crippen LogP contribution in [0.1, 0.15) is 71.6 Å². The Balaban J connectivity index is 1.82. The molecule has 2 fully saturated rings. The number of rotatable bonds is 4. The second-order valence-electron chi connectivity index (χ2n) is 7.06. The third-order valence-corrected chi connectivity index (χ3v) is 5.77. The fraction of sp³-hybridized carbons (Fsp3) is 0.941. The summed E-state index contributed by atoms with van der Waals surface area (Å²) < 4.78 is 0. The van der Waals surface area contributed by atoms with Crippen LogP contribution in [0, 0.1) is 29.6 Å². The van der Waals surface area contributed by atoms with Crippen molar-refractivity contribution in [1.82, 2.24) is 0 Å². The van der Waals surface area contributed by atoms with Crippen molar-refractivity contribution in [2.45, 2.75) is 71.6 Å². The predicted molar refractivity (Wildman–Crippen MR) is 78.0 cm³/mol. The fourth-order valence-corrected chi connectivity index (χ4v) is 4.70. The minimum Gasteiger partial charge on any atom is -0.481 e. The summed E-state index contributed by atoms with van der Waals surface area (Å²) >= 11 is 0. The van der Waals surface area contributed by atoms with Crippen LogP contribution in [0.2, 0.25) is 0 Å². The van der Waals surface area contributed by atoms with Crippen molar-refractivity contribution in [3.63, 3.8) is 0 Å². The van der Waals surface area contributed by atoms with Crippen molar-refractivity contribution in [2.75, 3.05) is 0 Å². The summed E-state index contributed by atoms with van der Waals surface area (Å²) in [4.78, 5) is 11.0. The summed E-state index contributed by atoms with van der Waals surface area (Å²) in [6, 6.07) is 0. The molecule has 2 rings (SSSR count). The van der Waals surface area contributed by atoms with E-state index in [1.165, 1.54) is 32.1 Å². The lowest BCUT2D eigenvalue weighted by molar-refractivity contribution is -0.143. The van der Waals surface area contributed by atoms with Crippen molar-refractivity contribution in [2.24, 2.45) is 29.6 Å². The molecule has 3 atom stereocenters. The zero-order valence-electron chi connectivity index (χ0n) is 12.6. The highest BCUT2D eigenvalue weighted by molar-refractivity contribution is 5.69. The van der Waals surface area contributed by atoms with Crippen molar-refractivity contribution in [3.8, 4) is 0 Å². The lowest BCUT2D eigenvalue weighted by atomic mass is 9.64. The maximum absolute atomic E-state index is 11.0. The Labute approximate surface area is 118 Å². The predicted octanol–water partition coefficient (Wildman–Crippen LogP) is 4.73. The van der Waals surface area contributed by atoms with Gasteiger partial charge in [-0.2, -0.15) is 0 Å². The molecule has 2 heteroatoms. The van der Waals surface area contributed by atoms with Gasteiger partial charge >= 0.3 is 5.97 Å². The van der Waals surface area contributed by atoms with Gasteiger partial charge in [-0.1, -0.05) is 33.1 Å². The maximum atomic E-state index is 11.0. The zero-order valence-corrected chi connectivity index (χ0v) is 12.6. The maximum Gasteiger partial charge on any atom is 0.306 e. The highest BCUT2D eigenvalue weighted by atomic mass is 16.4. The van der Waals surface area contributed by atoms with Crippen LogP contribution in [-0.4, -0.2) is 11.1 Å². The number of aliphatic carboxylic acids is 1. The molecule has 2 saturated carbocycles. The molecule has 0 aliphatic heterocycles. The molecule has 3 unspecified atom stereocenters. The molecule has 0 bridgehead atoms. The van der Waals surface area contributed by atoms with Crippen molar-refractivity contribution < 1.29 is 9.90 Å². The molecule has 0 aromatic carbocycles. The van der Waals surface area contributed by atoms with Gasteiger partial charge in [-0.05, 0) is 62.2 Å². The highest BCUT2D eigenvalue weighted by Crippen LogP contribution is 2.45. The Morgan fingerprint density at radius 3 is 2.32 bits per heavy atom. The standard InChI is InChI=1S/C17H30O2/c1-3-4-13-5-10-16(12(2)11-13)14-6-8-15(9-7-14)17(18)19/h12-16H,3-11H2,1-2H3,(H,18,19). The highest BCUT2D eigenvalue weighted by Gasteiger charge is 2.35. The molecule has 0 radical (unpaired) electrons. The van der Waals surface area contributed by atoms with Crippen LogP contribution < -0.4 is 0 Å². The van der Waals surface area contributed by atoms with Gasteiger partial charge in [0.15, 0.2) is 0 Å². The van der Waals surface area contributed by atoms with Crippen LogP contribution in [0.25, 0.3) is 0 Å². The van der Waals surface area contributed by atoms with Crippen LogP contribution in [0.4, 0.5) is 0 Å². The Morgan fingerprint density at radius 2 is 1.79 bits per heavy atom. The fourth-order valence-electron chi connectivity index (χ4n) is 4.70. The van der Waals surface area contributed by atoms with Gasteiger partial charge in [0.25, 0.3) is 0 Å². The van der Waals surface area contributed by atoms with Crippen LogP contribution in [0.5, 0.6) is 0 Å². The summed E-state index contributed by atoms with van der Waals surface area (Å²) in [5.41, 5.74) is 0. The molecule has 0 saturated heterocycles. The minimum absolute atomic E-state index is 0.0528. The molecule has 2 aliphatic rings. The van der Waals surface area contributed by atoms with Gasteiger partial charge < -0.3 is 5.11 Å². The van der Waals surface area contributed by atoms with Crippen LogP contribution in [0.15, 0.2) is 0 Å². The van der Waals surface area contributed by atoms with E-state index in [-0.39, 0.29) is 5.92 Å². The molecular weight excluding hydrogens is 236 g/mol. The van der Waals surface area contributed by atoms with Gasteiger partial charge in [-0.25, -0.2) is 0 Å². The Hall–Kier alpha value is -0.530. The minimum atomic E-state index is -0.571. The molecule has 19 heavy (non-hydrogen) atoms. The van der Waals surface area contributed by atoms with E-state index >= 15 is 0 Å². The monoisotopic (exact) mass is 266 g/mol. The lowest BCUT2D eigenvalue weighted by Crippen LogP contribution is -2.32. The largest absolute Gasteiger partial charge is 0.481 e. The Bertz CT molecular complexity index is 292. The average molecular weight is 266 g/mol. The second kappa shape index (κ2) is 6.76. The third-order valence-electron chi connectivity index (χ3n) is 5.77. The Morgan fingerprint density at radius 1 is 1.11 bits per heavy atom. The molecule has 110 valence electrons. The van der Waals surface area contributed by atoms with Gasteiger partial charge in [0.05, 0.1) is 5.92 Å². The molecule has 1 N–H and O–H groups in total. The van der Waals surface area contributed by atoms with Gasteiger partial charge in [-0.3, -0.25) is 4.79 Å². The van der Waals surface area contributed by atoms with E-state index < -0.39 is 5.97 Å². The van der Waals surface area contributed by atoms with Crippen molar-refractivity contribution >= 4 is 5.97 Å². The average Bonchev–Trinajstić information content (AvgIpc) is 2.39. The van der Waals surface area contributed by atoms with E-state index in [9.17, 15) is 4.79 Å². The number of hydrogen-bond acceptors (Lipinski definition) is 1. The zero-order chi connectivity index (χ0) is 13.8. The number of carboxylic acids is 1. The molecule has 0 aromatic heterocycles. The number of carbonyl (C=O) groups is 1. The first-order chi connectivity index (χ1) is 9.11. The SMILES string of the molecule is CCCC1CCC(C2CCC(C(=O)O)CC2)C(C)C1. The molecule has 0 spiro atoms. The summed E-state index contributed by atoms with van der Waals surface area (Å²) in [6.07, 6.45) is 11.1. The van der Waals surface area contributed by atoms with Crippen LogP contribution >= 0.6 is 0 Å². The molecule has 2 nitrogen and oxygen atoms in total. The van der Waals surface area contributed by atoms with Crippen molar-refractivity contribution in [1.29, 1.82) is 0 Å². The summed E-state index contributed by atoms with van der Waals surface area (Å²) in [7, 11) is 0. The third kappa shape index (κ3) is 3.73. The van der Waals surface area contributed by atoms with E-state index in [0.29, 0.717) is 0 Å². The van der Waals surface area contributed by atoms with Crippen molar-refractivity contribution in [3.05, 3.63) is 0 Å². The smallest absolute Gasteiger partial charge is 0.306 e.